The lowest BCUT2D eigenvalue weighted by Gasteiger charge is -2.43. The summed E-state index contributed by atoms with van der Waals surface area (Å²) < 4.78 is 9.24. The Labute approximate surface area is 136 Å². The monoisotopic (exact) mass is 357 g/mol. The van der Waals surface area contributed by atoms with Gasteiger partial charge in [0, 0.05) is 13.2 Å². The van der Waals surface area contributed by atoms with E-state index >= 15 is 0 Å². The molecule has 21 heavy (non-hydrogen) atoms. The first kappa shape index (κ1) is 17.0. The molecule has 5 heteroatoms. The van der Waals surface area contributed by atoms with Crippen molar-refractivity contribution in [2.75, 3.05) is 6.61 Å². The number of halogens is 1. The molecule has 1 heterocycles. The molecule has 120 valence electrons. The minimum Gasteiger partial charge on any atom is -0.373 e. The number of hydrogen-bond acceptors (Lipinski definition) is 3. The summed E-state index contributed by atoms with van der Waals surface area (Å²) >= 11 is 3.62. The molecule has 1 saturated carbocycles. The quantitative estimate of drug-likeness (QED) is 0.835. The van der Waals surface area contributed by atoms with E-state index in [4.69, 9.17) is 10.5 Å². The summed E-state index contributed by atoms with van der Waals surface area (Å²) in [6, 6.07) is -0.131. The van der Waals surface area contributed by atoms with Crippen LogP contribution in [0.5, 0.6) is 0 Å². The van der Waals surface area contributed by atoms with E-state index in [1.165, 1.54) is 12.8 Å². The molecule has 0 saturated heterocycles. The van der Waals surface area contributed by atoms with Crippen molar-refractivity contribution in [3.05, 3.63) is 16.4 Å². The maximum Gasteiger partial charge on any atom is 0.0889 e. The summed E-state index contributed by atoms with van der Waals surface area (Å²) in [7, 11) is 0. The Balaban J connectivity index is 2.30. The van der Waals surface area contributed by atoms with E-state index in [1.807, 2.05) is 10.9 Å². The highest BCUT2D eigenvalue weighted by molar-refractivity contribution is 9.10. The van der Waals surface area contributed by atoms with Crippen LogP contribution in [0.3, 0.4) is 0 Å². The van der Waals surface area contributed by atoms with Gasteiger partial charge >= 0.3 is 0 Å². The molecule has 0 aliphatic heterocycles. The Morgan fingerprint density at radius 3 is 2.71 bits per heavy atom. The molecule has 1 aromatic heterocycles. The van der Waals surface area contributed by atoms with Gasteiger partial charge in [0.05, 0.1) is 28.0 Å². The number of hydrogen-bond donors (Lipinski definition) is 1. The SMILES string of the molecule is CCCn1ncc(Br)c1C(N)C1(OCC)CCC(C)CC1. The van der Waals surface area contributed by atoms with Gasteiger partial charge in [0.2, 0.25) is 0 Å². The average Bonchev–Trinajstić information content (AvgIpc) is 2.82. The summed E-state index contributed by atoms with van der Waals surface area (Å²) in [5.41, 5.74) is 7.54. The van der Waals surface area contributed by atoms with Gasteiger partial charge in [0.1, 0.15) is 0 Å². The van der Waals surface area contributed by atoms with Crippen molar-refractivity contribution in [3.63, 3.8) is 0 Å². The molecule has 0 spiro atoms. The lowest BCUT2D eigenvalue weighted by molar-refractivity contribution is -0.0913. The summed E-state index contributed by atoms with van der Waals surface area (Å²) in [6.07, 6.45) is 7.35. The molecule has 0 bridgehead atoms. The maximum atomic E-state index is 6.70. The van der Waals surface area contributed by atoms with E-state index in [0.717, 1.165) is 41.9 Å². The molecule has 1 fully saturated rings. The van der Waals surface area contributed by atoms with Crippen LogP contribution in [0.4, 0.5) is 0 Å². The van der Waals surface area contributed by atoms with Gasteiger partial charge in [0.25, 0.3) is 0 Å². The Kier molecular flexibility index (Phi) is 5.86. The van der Waals surface area contributed by atoms with Crippen molar-refractivity contribution in [3.8, 4) is 0 Å². The smallest absolute Gasteiger partial charge is 0.0889 e. The van der Waals surface area contributed by atoms with Crippen LogP contribution in [0, 0.1) is 5.92 Å². The van der Waals surface area contributed by atoms with Crippen molar-refractivity contribution in [2.24, 2.45) is 11.7 Å². The fourth-order valence-corrected chi connectivity index (χ4v) is 3.95. The number of ether oxygens (including phenoxy) is 1. The van der Waals surface area contributed by atoms with Crippen LogP contribution < -0.4 is 5.73 Å². The van der Waals surface area contributed by atoms with Crippen LogP contribution >= 0.6 is 15.9 Å². The zero-order valence-corrected chi connectivity index (χ0v) is 15.0. The standard InChI is InChI=1S/C16H28BrN3O/c1-4-10-20-14(13(17)11-19-20)15(18)16(21-5-2)8-6-12(3)7-9-16/h11-12,15H,4-10,18H2,1-3H3. The molecule has 2 N–H and O–H groups in total. The summed E-state index contributed by atoms with van der Waals surface area (Å²) in [5, 5.41) is 4.46. The highest BCUT2D eigenvalue weighted by Gasteiger charge is 2.43. The third kappa shape index (κ3) is 3.51. The first-order valence-electron chi connectivity index (χ1n) is 8.14. The molecule has 1 aliphatic carbocycles. The molecule has 1 aromatic rings. The number of aromatic nitrogens is 2. The lowest BCUT2D eigenvalue weighted by atomic mass is 9.74. The van der Waals surface area contributed by atoms with Crippen LogP contribution in [0.1, 0.15) is 64.6 Å². The van der Waals surface area contributed by atoms with Gasteiger partial charge in [-0.15, -0.1) is 0 Å². The minimum absolute atomic E-state index is 0.131. The first-order chi connectivity index (χ1) is 10.0. The van der Waals surface area contributed by atoms with Crippen molar-refractivity contribution in [2.45, 2.75) is 71.1 Å². The fourth-order valence-electron chi connectivity index (χ4n) is 3.40. The molecular formula is C16H28BrN3O. The summed E-state index contributed by atoms with van der Waals surface area (Å²) in [4.78, 5) is 0. The molecule has 0 amide bonds. The fraction of sp³-hybridized carbons (Fsp3) is 0.812. The van der Waals surface area contributed by atoms with Gasteiger partial charge in [0.15, 0.2) is 0 Å². The number of aryl methyl sites for hydroxylation is 1. The van der Waals surface area contributed by atoms with Crippen LogP contribution in [-0.2, 0) is 11.3 Å². The van der Waals surface area contributed by atoms with E-state index in [0.29, 0.717) is 6.61 Å². The van der Waals surface area contributed by atoms with Gasteiger partial charge in [-0.05, 0) is 60.9 Å². The molecule has 1 atom stereocenters. The highest BCUT2D eigenvalue weighted by atomic mass is 79.9. The van der Waals surface area contributed by atoms with Crippen LogP contribution in [0.25, 0.3) is 0 Å². The second-order valence-corrected chi connectivity index (χ2v) is 7.11. The zero-order valence-electron chi connectivity index (χ0n) is 13.4. The number of nitrogens with two attached hydrogens (primary N) is 1. The van der Waals surface area contributed by atoms with Crippen LogP contribution in [-0.4, -0.2) is 22.0 Å². The van der Waals surface area contributed by atoms with E-state index in [9.17, 15) is 0 Å². The Morgan fingerprint density at radius 1 is 1.48 bits per heavy atom. The maximum absolute atomic E-state index is 6.70. The number of nitrogens with zero attached hydrogens (tertiary/aromatic N) is 2. The van der Waals surface area contributed by atoms with Crippen molar-refractivity contribution < 1.29 is 4.74 Å². The summed E-state index contributed by atoms with van der Waals surface area (Å²) in [6.45, 7) is 8.14. The van der Waals surface area contributed by atoms with E-state index in [2.05, 4.69) is 41.8 Å². The van der Waals surface area contributed by atoms with Gasteiger partial charge in [-0.3, -0.25) is 4.68 Å². The summed E-state index contributed by atoms with van der Waals surface area (Å²) in [5.74, 6) is 0.773. The van der Waals surface area contributed by atoms with Crippen molar-refractivity contribution >= 4 is 15.9 Å². The van der Waals surface area contributed by atoms with Crippen LogP contribution in [0.15, 0.2) is 10.7 Å². The first-order valence-corrected chi connectivity index (χ1v) is 8.94. The van der Waals surface area contributed by atoms with Gasteiger partial charge < -0.3 is 10.5 Å². The molecule has 0 aromatic carbocycles. The second-order valence-electron chi connectivity index (χ2n) is 6.26. The second kappa shape index (κ2) is 7.25. The molecule has 1 unspecified atom stereocenters. The van der Waals surface area contributed by atoms with E-state index < -0.39 is 0 Å². The molecule has 4 nitrogen and oxygen atoms in total. The van der Waals surface area contributed by atoms with Gasteiger partial charge in [-0.25, -0.2) is 0 Å². The molecular weight excluding hydrogens is 330 g/mol. The largest absolute Gasteiger partial charge is 0.373 e. The molecule has 1 aliphatic rings. The van der Waals surface area contributed by atoms with Crippen molar-refractivity contribution in [1.29, 1.82) is 0 Å². The van der Waals surface area contributed by atoms with Gasteiger partial charge in [-0.1, -0.05) is 13.8 Å². The molecule has 2 rings (SSSR count). The Hall–Kier alpha value is -0.390. The van der Waals surface area contributed by atoms with E-state index in [-0.39, 0.29) is 11.6 Å². The zero-order chi connectivity index (χ0) is 15.5. The minimum atomic E-state index is -0.241. The number of rotatable bonds is 6. The predicted octanol–water partition coefficient (Wildman–Crippen LogP) is 4.04. The van der Waals surface area contributed by atoms with E-state index in [1.54, 1.807) is 0 Å². The van der Waals surface area contributed by atoms with Gasteiger partial charge in [-0.2, -0.15) is 5.10 Å². The predicted molar refractivity (Wildman–Crippen MR) is 89.1 cm³/mol. The Bertz CT molecular complexity index is 452. The molecule has 0 radical (unpaired) electrons. The van der Waals surface area contributed by atoms with Crippen LogP contribution in [0.2, 0.25) is 0 Å². The topological polar surface area (TPSA) is 53.1 Å². The normalized spacial score (nSPS) is 27.8. The average molecular weight is 358 g/mol. The lowest BCUT2D eigenvalue weighted by Crippen LogP contribution is -2.47. The third-order valence-corrected chi connectivity index (χ3v) is 5.29. The third-order valence-electron chi connectivity index (χ3n) is 4.68. The highest BCUT2D eigenvalue weighted by Crippen LogP contribution is 2.43. The Morgan fingerprint density at radius 2 is 2.14 bits per heavy atom. The van der Waals surface area contributed by atoms with Crippen molar-refractivity contribution in [1.82, 2.24) is 9.78 Å².